The Labute approximate surface area is 174 Å². The SMILES string of the molecule is C[C@H](C(=O)Nc1ccc(C#N)c(Cl)c1)N1CCN(S(=O)(=O)c2cccnc2)CC1. The number of hydrogen-bond donors (Lipinski definition) is 1. The number of carbonyl (C=O) groups is 1. The first-order chi connectivity index (χ1) is 13.8. The molecule has 1 N–H and O–H groups in total. The van der Waals surface area contributed by atoms with Gasteiger partial charge in [-0.1, -0.05) is 11.6 Å². The van der Waals surface area contributed by atoms with Crippen LogP contribution in [0.5, 0.6) is 0 Å². The van der Waals surface area contributed by atoms with Crippen LogP contribution < -0.4 is 5.32 Å². The van der Waals surface area contributed by atoms with Crippen LogP contribution in [0.4, 0.5) is 5.69 Å². The number of hydrogen-bond acceptors (Lipinski definition) is 6. The number of halogens is 1. The fraction of sp³-hybridized carbons (Fsp3) is 0.316. The van der Waals surface area contributed by atoms with Crippen LogP contribution in [0.25, 0.3) is 0 Å². The Morgan fingerprint density at radius 2 is 2.00 bits per heavy atom. The van der Waals surface area contributed by atoms with Crippen molar-refractivity contribution in [3.05, 3.63) is 53.3 Å². The van der Waals surface area contributed by atoms with Crippen LogP contribution in [-0.2, 0) is 14.8 Å². The van der Waals surface area contributed by atoms with Crippen LogP contribution in [0.15, 0.2) is 47.6 Å². The quantitative estimate of drug-likeness (QED) is 0.772. The van der Waals surface area contributed by atoms with Crippen molar-refractivity contribution < 1.29 is 13.2 Å². The number of pyridine rings is 1. The van der Waals surface area contributed by atoms with Crippen LogP contribution in [0, 0.1) is 11.3 Å². The van der Waals surface area contributed by atoms with Crippen LogP contribution >= 0.6 is 11.6 Å². The summed E-state index contributed by atoms with van der Waals surface area (Å²) < 4.78 is 26.8. The molecule has 2 aromatic rings. The molecule has 1 fully saturated rings. The Kier molecular flexibility index (Phi) is 6.49. The lowest BCUT2D eigenvalue weighted by molar-refractivity contribution is -0.121. The molecule has 1 aliphatic heterocycles. The van der Waals surface area contributed by atoms with Gasteiger partial charge in [-0.25, -0.2) is 8.42 Å². The maximum Gasteiger partial charge on any atom is 0.244 e. The van der Waals surface area contributed by atoms with E-state index >= 15 is 0 Å². The second kappa shape index (κ2) is 8.88. The van der Waals surface area contributed by atoms with Gasteiger partial charge in [-0.2, -0.15) is 9.57 Å². The monoisotopic (exact) mass is 433 g/mol. The third-order valence-electron chi connectivity index (χ3n) is 4.83. The van der Waals surface area contributed by atoms with E-state index in [-0.39, 0.29) is 28.9 Å². The van der Waals surface area contributed by atoms with Gasteiger partial charge in [0.2, 0.25) is 15.9 Å². The van der Waals surface area contributed by atoms with Crippen molar-refractivity contribution >= 4 is 33.2 Å². The summed E-state index contributed by atoms with van der Waals surface area (Å²) in [5.41, 5.74) is 0.840. The lowest BCUT2D eigenvalue weighted by Crippen LogP contribution is -2.53. The standard InChI is InChI=1S/C19H20ClN5O3S/c1-14(19(26)23-16-5-4-15(12-21)18(20)11-16)24-7-9-25(10-8-24)29(27,28)17-3-2-6-22-13-17/h2-6,11,13-14H,7-10H2,1H3,(H,23,26)/t14-/m1/s1. The largest absolute Gasteiger partial charge is 0.325 e. The molecule has 8 nitrogen and oxygen atoms in total. The fourth-order valence-electron chi connectivity index (χ4n) is 3.08. The normalized spacial score (nSPS) is 16.7. The van der Waals surface area contributed by atoms with Gasteiger partial charge in [0.05, 0.1) is 16.6 Å². The molecule has 2 heterocycles. The first-order valence-corrected chi connectivity index (χ1v) is 10.8. The van der Waals surface area contributed by atoms with Gasteiger partial charge in [0.1, 0.15) is 11.0 Å². The Hall–Kier alpha value is -2.51. The molecule has 29 heavy (non-hydrogen) atoms. The van der Waals surface area contributed by atoms with Crippen LogP contribution in [-0.4, -0.2) is 60.7 Å². The number of sulfonamides is 1. The predicted octanol–water partition coefficient (Wildman–Crippen LogP) is 1.94. The summed E-state index contributed by atoms with van der Waals surface area (Å²) in [7, 11) is -3.59. The highest BCUT2D eigenvalue weighted by Crippen LogP contribution is 2.21. The van der Waals surface area contributed by atoms with E-state index in [1.807, 2.05) is 11.0 Å². The lowest BCUT2D eigenvalue weighted by Gasteiger charge is -2.36. The average Bonchev–Trinajstić information content (AvgIpc) is 2.74. The van der Waals surface area contributed by atoms with Crippen LogP contribution in [0.1, 0.15) is 12.5 Å². The third-order valence-corrected chi connectivity index (χ3v) is 7.02. The zero-order chi connectivity index (χ0) is 21.0. The zero-order valence-electron chi connectivity index (χ0n) is 15.7. The molecule has 0 unspecified atom stereocenters. The van der Waals surface area contributed by atoms with Gasteiger partial charge in [0.25, 0.3) is 0 Å². The second-order valence-corrected chi connectivity index (χ2v) is 8.95. The van der Waals surface area contributed by atoms with Gasteiger partial charge in [0, 0.05) is 44.3 Å². The van der Waals surface area contributed by atoms with E-state index in [1.54, 1.807) is 25.1 Å². The minimum absolute atomic E-state index is 0.164. The second-order valence-electron chi connectivity index (χ2n) is 6.60. The Bertz CT molecular complexity index is 1030. The maximum atomic E-state index is 12.7. The lowest BCUT2D eigenvalue weighted by atomic mass is 10.2. The number of nitriles is 1. The molecule has 10 heteroatoms. The summed E-state index contributed by atoms with van der Waals surface area (Å²) in [6.45, 7) is 3.21. The number of benzene rings is 1. The first-order valence-electron chi connectivity index (χ1n) is 8.97. The Balaban J connectivity index is 1.60. The maximum absolute atomic E-state index is 12.7. The minimum atomic E-state index is -3.59. The van der Waals surface area contributed by atoms with Gasteiger partial charge in [-0.15, -0.1) is 0 Å². The number of carbonyl (C=O) groups excluding carboxylic acids is 1. The van der Waals surface area contributed by atoms with Crippen molar-refractivity contribution in [1.29, 1.82) is 5.26 Å². The molecule has 0 radical (unpaired) electrons. The van der Waals surface area contributed by atoms with Crippen LogP contribution in [0.3, 0.4) is 0 Å². The molecule has 1 aliphatic rings. The third kappa shape index (κ3) is 4.74. The van der Waals surface area contributed by atoms with E-state index in [1.165, 1.54) is 28.8 Å². The molecule has 0 saturated carbocycles. The van der Waals surface area contributed by atoms with E-state index in [0.717, 1.165) is 0 Å². The molecule has 152 valence electrons. The van der Waals surface area contributed by atoms with E-state index in [4.69, 9.17) is 16.9 Å². The summed E-state index contributed by atoms with van der Waals surface area (Å²) in [5.74, 6) is -0.227. The van der Waals surface area contributed by atoms with Gasteiger partial charge in [-0.05, 0) is 37.3 Å². The van der Waals surface area contributed by atoms with E-state index in [0.29, 0.717) is 24.3 Å². The summed E-state index contributed by atoms with van der Waals surface area (Å²) in [6, 6.07) is 9.32. The molecule has 1 aromatic carbocycles. The number of nitrogens with one attached hydrogen (secondary N) is 1. The van der Waals surface area contributed by atoms with Crippen molar-refractivity contribution in [2.45, 2.75) is 17.9 Å². The smallest absolute Gasteiger partial charge is 0.244 e. The molecule has 0 aliphatic carbocycles. The van der Waals surface area contributed by atoms with Crippen molar-refractivity contribution in [3.63, 3.8) is 0 Å². The average molecular weight is 434 g/mol. The van der Waals surface area contributed by atoms with E-state index < -0.39 is 16.1 Å². The molecule has 1 aromatic heterocycles. The van der Waals surface area contributed by atoms with Crippen molar-refractivity contribution in [1.82, 2.24) is 14.2 Å². The van der Waals surface area contributed by atoms with E-state index in [2.05, 4.69) is 10.3 Å². The molecular formula is C19H20ClN5O3S. The summed E-state index contributed by atoms with van der Waals surface area (Å²) in [4.78, 5) is 18.5. The molecule has 1 atom stereocenters. The molecule has 1 amide bonds. The summed E-state index contributed by atoms with van der Waals surface area (Å²) >= 11 is 6.00. The van der Waals surface area contributed by atoms with E-state index in [9.17, 15) is 13.2 Å². The fourth-order valence-corrected chi connectivity index (χ4v) is 4.69. The Morgan fingerprint density at radius 3 is 2.59 bits per heavy atom. The van der Waals surface area contributed by atoms with Crippen LogP contribution in [0.2, 0.25) is 5.02 Å². The number of anilines is 1. The number of nitrogens with zero attached hydrogens (tertiary/aromatic N) is 4. The first kappa shape index (κ1) is 21.2. The highest BCUT2D eigenvalue weighted by atomic mass is 35.5. The number of rotatable bonds is 5. The van der Waals surface area contributed by atoms with Gasteiger partial charge < -0.3 is 5.32 Å². The molecular weight excluding hydrogens is 414 g/mol. The Morgan fingerprint density at radius 1 is 1.28 bits per heavy atom. The molecule has 0 bridgehead atoms. The molecule has 1 saturated heterocycles. The van der Waals surface area contributed by atoms with Crippen molar-refractivity contribution in [2.24, 2.45) is 0 Å². The van der Waals surface area contributed by atoms with Gasteiger partial charge >= 0.3 is 0 Å². The predicted molar refractivity (Wildman–Crippen MR) is 109 cm³/mol. The summed E-state index contributed by atoms with van der Waals surface area (Å²) in [6.07, 6.45) is 2.86. The van der Waals surface area contributed by atoms with Crippen molar-refractivity contribution in [2.75, 3.05) is 31.5 Å². The molecule has 3 rings (SSSR count). The number of piperazine rings is 1. The van der Waals surface area contributed by atoms with Crippen molar-refractivity contribution in [3.8, 4) is 6.07 Å². The number of amides is 1. The summed E-state index contributed by atoms with van der Waals surface area (Å²) in [5, 5.41) is 12.0. The molecule has 0 spiro atoms. The highest BCUT2D eigenvalue weighted by Gasteiger charge is 2.31. The minimum Gasteiger partial charge on any atom is -0.325 e. The zero-order valence-corrected chi connectivity index (χ0v) is 17.3. The highest BCUT2D eigenvalue weighted by molar-refractivity contribution is 7.89. The van der Waals surface area contributed by atoms with Gasteiger partial charge in [-0.3, -0.25) is 14.7 Å². The van der Waals surface area contributed by atoms with Gasteiger partial charge in [0.15, 0.2) is 0 Å². The number of aromatic nitrogens is 1. The topological polar surface area (TPSA) is 106 Å².